The Morgan fingerprint density at radius 1 is 1.03 bits per heavy atom. The van der Waals surface area contributed by atoms with Crippen LogP contribution in [0.2, 0.25) is 0 Å². The van der Waals surface area contributed by atoms with Gasteiger partial charge in [-0.15, -0.1) is 11.8 Å². The van der Waals surface area contributed by atoms with Crippen molar-refractivity contribution in [3.05, 3.63) is 94.8 Å². The number of carbonyl (C=O) groups is 2. The van der Waals surface area contributed by atoms with Gasteiger partial charge in [-0.1, -0.05) is 36.4 Å². The summed E-state index contributed by atoms with van der Waals surface area (Å²) in [4.78, 5) is 26.8. The molecule has 1 atom stereocenters. The lowest BCUT2D eigenvalue weighted by atomic mass is 10.1. The monoisotopic (exact) mass is 484 g/mol. The number of carbonyl (C=O) groups excluding carboxylic acids is 2. The zero-order chi connectivity index (χ0) is 23.8. The van der Waals surface area contributed by atoms with E-state index in [1.165, 1.54) is 42.1 Å². The molecular weight excluding hydrogens is 463 g/mol. The van der Waals surface area contributed by atoms with Crippen LogP contribution in [0.1, 0.15) is 32.4 Å². The largest absolute Gasteiger partial charge is 0.294 e. The van der Waals surface area contributed by atoms with Gasteiger partial charge in [-0.25, -0.2) is 17.5 Å². The van der Waals surface area contributed by atoms with Crippen molar-refractivity contribution in [2.75, 3.05) is 10.7 Å². The summed E-state index contributed by atoms with van der Waals surface area (Å²) >= 11 is 1.39. The Bertz CT molecular complexity index is 1330. The molecule has 2 amide bonds. The van der Waals surface area contributed by atoms with Crippen LogP contribution in [0.15, 0.2) is 71.6 Å². The van der Waals surface area contributed by atoms with Gasteiger partial charge in [0, 0.05) is 5.56 Å². The fourth-order valence-corrected chi connectivity index (χ4v) is 6.22. The molecule has 1 saturated heterocycles. The minimum atomic E-state index is -4.21. The van der Waals surface area contributed by atoms with Crippen molar-refractivity contribution in [1.29, 1.82) is 0 Å². The molecule has 33 heavy (non-hydrogen) atoms. The molecule has 0 saturated carbocycles. The summed E-state index contributed by atoms with van der Waals surface area (Å²) in [6.45, 7) is 3.40. The van der Waals surface area contributed by atoms with Crippen molar-refractivity contribution in [3.8, 4) is 0 Å². The second-order valence-corrected chi connectivity index (χ2v) is 10.4. The van der Waals surface area contributed by atoms with Crippen molar-refractivity contribution in [2.24, 2.45) is 0 Å². The lowest BCUT2D eigenvalue weighted by Crippen LogP contribution is -2.33. The molecule has 6 nitrogen and oxygen atoms in total. The normalized spacial score (nSPS) is 16.2. The van der Waals surface area contributed by atoms with Crippen LogP contribution >= 0.6 is 11.8 Å². The number of nitrogens with zero attached hydrogens (tertiary/aromatic N) is 1. The molecule has 0 aromatic heterocycles. The van der Waals surface area contributed by atoms with E-state index in [-0.39, 0.29) is 27.9 Å². The predicted octanol–water partition coefficient (Wildman–Crippen LogP) is 4.34. The molecular formula is C24H21FN2O4S2. The van der Waals surface area contributed by atoms with Gasteiger partial charge in [0.2, 0.25) is 5.91 Å². The van der Waals surface area contributed by atoms with Crippen molar-refractivity contribution < 1.29 is 22.4 Å². The maximum atomic E-state index is 13.4. The summed E-state index contributed by atoms with van der Waals surface area (Å²) < 4.78 is 41.7. The number of benzene rings is 3. The summed E-state index contributed by atoms with van der Waals surface area (Å²) in [5.74, 6) is -1.09. The molecule has 0 bridgehead atoms. The van der Waals surface area contributed by atoms with Crippen LogP contribution in [0, 0.1) is 19.7 Å². The third-order valence-corrected chi connectivity index (χ3v) is 8.09. The van der Waals surface area contributed by atoms with Crippen LogP contribution in [0.25, 0.3) is 0 Å². The Hall–Kier alpha value is -3.17. The van der Waals surface area contributed by atoms with E-state index in [4.69, 9.17) is 0 Å². The Labute approximate surface area is 195 Å². The molecule has 1 fully saturated rings. The topological polar surface area (TPSA) is 83.6 Å². The highest BCUT2D eigenvalue weighted by atomic mass is 32.2. The fraction of sp³-hybridized carbons (Fsp3) is 0.167. The predicted molar refractivity (Wildman–Crippen MR) is 126 cm³/mol. The van der Waals surface area contributed by atoms with E-state index in [0.29, 0.717) is 16.8 Å². The van der Waals surface area contributed by atoms with Gasteiger partial charge < -0.3 is 0 Å². The van der Waals surface area contributed by atoms with Gasteiger partial charge in [0.1, 0.15) is 11.2 Å². The van der Waals surface area contributed by atoms with E-state index in [0.717, 1.165) is 5.56 Å². The number of anilines is 1. The van der Waals surface area contributed by atoms with E-state index >= 15 is 0 Å². The zero-order valence-electron chi connectivity index (χ0n) is 17.9. The molecule has 1 aliphatic rings. The fourth-order valence-electron chi connectivity index (χ4n) is 3.84. The molecule has 1 aliphatic heterocycles. The molecule has 1 N–H and O–H groups in total. The van der Waals surface area contributed by atoms with Crippen molar-refractivity contribution >= 4 is 39.3 Å². The van der Waals surface area contributed by atoms with Gasteiger partial charge in [0.25, 0.3) is 15.9 Å². The Kier molecular flexibility index (Phi) is 6.27. The standard InChI is InChI=1S/C24H21FN2O4S2/c1-15-8-13-20(33(30,31)26-23(29)17-6-4-3-5-7-17)16(2)22(15)27-21(28)14-32-24(27)18-9-11-19(25)12-10-18/h3-13,24H,14H2,1-2H3,(H,26,29). The first kappa shape index (κ1) is 23.0. The molecule has 3 aromatic rings. The Balaban J connectivity index is 1.74. The number of halogens is 1. The number of nitrogens with one attached hydrogen (secondary N) is 1. The number of hydrogen-bond donors (Lipinski definition) is 1. The van der Waals surface area contributed by atoms with Crippen molar-refractivity contribution in [3.63, 3.8) is 0 Å². The second kappa shape index (κ2) is 8.99. The van der Waals surface area contributed by atoms with E-state index in [9.17, 15) is 22.4 Å². The third-order valence-electron chi connectivity index (χ3n) is 5.40. The Morgan fingerprint density at radius 3 is 2.36 bits per heavy atom. The quantitative estimate of drug-likeness (QED) is 0.583. The van der Waals surface area contributed by atoms with Crippen LogP contribution < -0.4 is 9.62 Å². The first-order valence-corrected chi connectivity index (χ1v) is 12.6. The lowest BCUT2D eigenvalue weighted by Gasteiger charge is -2.28. The first-order chi connectivity index (χ1) is 15.7. The SMILES string of the molecule is Cc1ccc(S(=O)(=O)NC(=O)c2ccccc2)c(C)c1N1C(=O)CSC1c1ccc(F)cc1. The van der Waals surface area contributed by atoms with Gasteiger partial charge in [-0.05, 0) is 60.9 Å². The number of amides is 2. The third kappa shape index (κ3) is 4.51. The van der Waals surface area contributed by atoms with Crippen LogP contribution in [0.4, 0.5) is 10.1 Å². The molecule has 1 heterocycles. The first-order valence-electron chi connectivity index (χ1n) is 10.1. The number of rotatable bonds is 5. The summed E-state index contributed by atoms with van der Waals surface area (Å²) in [6, 6.07) is 17.0. The van der Waals surface area contributed by atoms with E-state index in [2.05, 4.69) is 4.72 Å². The van der Waals surface area contributed by atoms with Crippen LogP contribution in [-0.4, -0.2) is 26.0 Å². The zero-order valence-corrected chi connectivity index (χ0v) is 19.5. The van der Waals surface area contributed by atoms with Gasteiger partial charge >= 0.3 is 0 Å². The second-order valence-electron chi connectivity index (χ2n) is 7.63. The highest BCUT2D eigenvalue weighted by Crippen LogP contribution is 2.45. The lowest BCUT2D eigenvalue weighted by molar-refractivity contribution is -0.115. The summed E-state index contributed by atoms with van der Waals surface area (Å²) in [7, 11) is -4.21. The molecule has 0 radical (unpaired) electrons. The summed E-state index contributed by atoms with van der Waals surface area (Å²) in [6.07, 6.45) is 0. The van der Waals surface area contributed by atoms with Gasteiger partial charge in [-0.3, -0.25) is 14.5 Å². The van der Waals surface area contributed by atoms with E-state index in [1.807, 2.05) is 0 Å². The smallest absolute Gasteiger partial charge is 0.264 e. The minimum absolute atomic E-state index is 0.0880. The summed E-state index contributed by atoms with van der Waals surface area (Å²) in [5, 5.41) is -0.424. The van der Waals surface area contributed by atoms with E-state index in [1.54, 1.807) is 55.1 Å². The molecule has 0 aliphatic carbocycles. The van der Waals surface area contributed by atoms with E-state index < -0.39 is 21.3 Å². The number of aryl methyl sites for hydroxylation is 1. The molecule has 4 rings (SSSR count). The average Bonchev–Trinajstić information content (AvgIpc) is 3.15. The number of thioether (sulfide) groups is 1. The maximum absolute atomic E-state index is 13.4. The Morgan fingerprint density at radius 2 is 1.70 bits per heavy atom. The molecule has 1 unspecified atom stereocenters. The number of hydrogen-bond acceptors (Lipinski definition) is 5. The maximum Gasteiger partial charge on any atom is 0.264 e. The van der Waals surface area contributed by atoms with Crippen LogP contribution in [-0.2, 0) is 14.8 Å². The molecule has 170 valence electrons. The molecule has 0 spiro atoms. The highest BCUT2D eigenvalue weighted by Gasteiger charge is 2.37. The van der Waals surface area contributed by atoms with Crippen molar-refractivity contribution in [1.82, 2.24) is 4.72 Å². The van der Waals surface area contributed by atoms with Crippen molar-refractivity contribution in [2.45, 2.75) is 24.1 Å². The van der Waals surface area contributed by atoms with Gasteiger partial charge in [-0.2, -0.15) is 0 Å². The van der Waals surface area contributed by atoms with Gasteiger partial charge in [0.15, 0.2) is 0 Å². The minimum Gasteiger partial charge on any atom is -0.294 e. The highest BCUT2D eigenvalue weighted by molar-refractivity contribution is 8.00. The average molecular weight is 485 g/mol. The molecule has 9 heteroatoms. The van der Waals surface area contributed by atoms with Crippen LogP contribution in [0.5, 0.6) is 0 Å². The number of sulfonamides is 1. The van der Waals surface area contributed by atoms with Crippen LogP contribution in [0.3, 0.4) is 0 Å². The molecule has 3 aromatic carbocycles. The summed E-state index contributed by atoms with van der Waals surface area (Å²) in [5.41, 5.74) is 2.48. The van der Waals surface area contributed by atoms with Gasteiger partial charge in [0.05, 0.1) is 16.3 Å².